The molecule has 0 spiro atoms. The minimum Gasteiger partial charge on any atom is -0.476 e. The van der Waals surface area contributed by atoms with Crippen LogP contribution in [0.25, 0.3) is 0 Å². The highest BCUT2D eigenvalue weighted by molar-refractivity contribution is 7.16. The van der Waals surface area contributed by atoms with Crippen LogP contribution in [0, 0.1) is 0 Å². The van der Waals surface area contributed by atoms with Crippen LogP contribution < -0.4 is 5.32 Å². The summed E-state index contributed by atoms with van der Waals surface area (Å²) < 4.78 is 36.2. The summed E-state index contributed by atoms with van der Waals surface area (Å²) in [6.07, 6.45) is -5.79. The highest BCUT2D eigenvalue weighted by atomic mass is 32.1. The van der Waals surface area contributed by atoms with Crippen molar-refractivity contribution in [3.8, 4) is 0 Å². The molecule has 0 aliphatic rings. The molecule has 1 heterocycles. The van der Waals surface area contributed by atoms with Crippen LogP contribution in [0.15, 0.2) is 0 Å². The van der Waals surface area contributed by atoms with Gasteiger partial charge in [-0.3, -0.25) is 4.79 Å². The van der Waals surface area contributed by atoms with Crippen LogP contribution >= 0.6 is 11.3 Å². The molecule has 1 rings (SSSR count). The van der Waals surface area contributed by atoms with E-state index in [1.807, 2.05) is 0 Å². The number of aromatic nitrogens is 1. The topological polar surface area (TPSA) is 79.3 Å². The molecule has 0 radical (unpaired) electrons. The van der Waals surface area contributed by atoms with Gasteiger partial charge in [0.05, 0.1) is 6.42 Å². The maximum absolute atomic E-state index is 12.1. The number of carboxylic acids is 1. The number of nitrogens with one attached hydrogen (secondary N) is 1. The lowest BCUT2D eigenvalue weighted by Gasteiger charge is -2.01. The summed E-state index contributed by atoms with van der Waals surface area (Å²) in [6, 6.07) is 0. The number of carbonyl (C=O) groups excluding carboxylic acids is 1. The highest BCUT2D eigenvalue weighted by Crippen LogP contribution is 2.29. The minimum atomic E-state index is -4.47. The third-order valence-electron chi connectivity index (χ3n) is 1.52. The van der Waals surface area contributed by atoms with Gasteiger partial charge in [0.25, 0.3) is 0 Å². The van der Waals surface area contributed by atoms with Crippen molar-refractivity contribution in [3.05, 3.63) is 10.7 Å². The van der Waals surface area contributed by atoms with E-state index in [0.717, 1.165) is 6.92 Å². The average Bonchev–Trinajstić information content (AvgIpc) is 2.43. The third-order valence-corrected chi connectivity index (χ3v) is 2.49. The molecule has 0 saturated carbocycles. The maximum atomic E-state index is 12.1. The predicted octanol–water partition coefficient (Wildman–Crippen LogP) is 1.90. The standard InChI is InChI=1S/C8H7F3N2O3S/c1-3(14)12-6-5(7(15)16)13-4(17-6)2-8(9,10)11/h2H2,1H3,(H,12,14)(H,15,16). The van der Waals surface area contributed by atoms with Crippen molar-refractivity contribution >= 4 is 28.2 Å². The fourth-order valence-corrected chi connectivity index (χ4v) is 2.03. The molecule has 5 nitrogen and oxygen atoms in total. The Morgan fingerprint density at radius 2 is 2.06 bits per heavy atom. The monoisotopic (exact) mass is 268 g/mol. The molecule has 2 N–H and O–H groups in total. The Morgan fingerprint density at radius 3 is 2.47 bits per heavy atom. The molecule has 1 aromatic heterocycles. The molecule has 0 atom stereocenters. The molecule has 1 amide bonds. The van der Waals surface area contributed by atoms with Crippen LogP contribution in [0.3, 0.4) is 0 Å². The maximum Gasteiger partial charge on any atom is 0.395 e. The Morgan fingerprint density at radius 1 is 1.47 bits per heavy atom. The summed E-state index contributed by atoms with van der Waals surface area (Å²) in [7, 11) is 0. The second kappa shape index (κ2) is 4.70. The van der Waals surface area contributed by atoms with E-state index in [1.54, 1.807) is 0 Å². The first kappa shape index (κ1) is 13.4. The lowest BCUT2D eigenvalue weighted by atomic mass is 10.4. The van der Waals surface area contributed by atoms with Gasteiger partial charge in [-0.25, -0.2) is 9.78 Å². The van der Waals surface area contributed by atoms with E-state index in [1.165, 1.54) is 0 Å². The Bertz CT molecular complexity index is 455. The van der Waals surface area contributed by atoms with E-state index >= 15 is 0 Å². The fourth-order valence-electron chi connectivity index (χ4n) is 1.00. The molecular weight excluding hydrogens is 261 g/mol. The number of thiazole rings is 1. The van der Waals surface area contributed by atoms with Gasteiger partial charge in [-0.1, -0.05) is 0 Å². The van der Waals surface area contributed by atoms with Gasteiger partial charge in [0, 0.05) is 6.92 Å². The molecule has 17 heavy (non-hydrogen) atoms. The van der Waals surface area contributed by atoms with Gasteiger partial charge in [0.15, 0.2) is 5.69 Å². The molecule has 0 aliphatic carbocycles. The van der Waals surface area contributed by atoms with Crippen molar-refractivity contribution in [3.63, 3.8) is 0 Å². The van der Waals surface area contributed by atoms with E-state index in [4.69, 9.17) is 5.11 Å². The lowest BCUT2D eigenvalue weighted by Crippen LogP contribution is -2.11. The van der Waals surface area contributed by atoms with Crippen LogP contribution in [0.2, 0.25) is 0 Å². The smallest absolute Gasteiger partial charge is 0.395 e. The number of halogens is 3. The van der Waals surface area contributed by atoms with Crippen LogP contribution in [0.4, 0.5) is 18.2 Å². The molecule has 0 fully saturated rings. The molecule has 94 valence electrons. The molecule has 9 heteroatoms. The van der Waals surface area contributed by atoms with E-state index in [2.05, 4.69) is 10.3 Å². The van der Waals surface area contributed by atoms with Crippen LogP contribution in [-0.2, 0) is 11.2 Å². The Hall–Kier alpha value is -1.64. The van der Waals surface area contributed by atoms with Gasteiger partial charge in [-0.05, 0) is 0 Å². The third kappa shape index (κ3) is 4.02. The number of hydrogen-bond acceptors (Lipinski definition) is 4. The molecule has 1 aromatic rings. The first-order chi connectivity index (χ1) is 7.69. The Labute approximate surface area is 97.3 Å². The molecule has 0 unspecified atom stereocenters. The Balaban J connectivity index is 3.04. The zero-order valence-corrected chi connectivity index (χ0v) is 9.28. The van der Waals surface area contributed by atoms with Crippen molar-refractivity contribution in [2.45, 2.75) is 19.5 Å². The van der Waals surface area contributed by atoms with Crippen molar-refractivity contribution in [2.24, 2.45) is 0 Å². The summed E-state index contributed by atoms with van der Waals surface area (Å²) in [5.74, 6) is -2.06. The normalized spacial score (nSPS) is 11.3. The van der Waals surface area contributed by atoms with Gasteiger partial charge < -0.3 is 10.4 Å². The summed E-state index contributed by atoms with van der Waals surface area (Å²) in [5.41, 5.74) is -0.579. The Kier molecular flexibility index (Phi) is 3.71. The number of anilines is 1. The van der Waals surface area contributed by atoms with E-state index in [9.17, 15) is 22.8 Å². The number of alkyl halides is 3. The van der Waals surface area contributed by atoms with Crippen molar-refractivity contribution in [1.29, 1.82) is 0 Å². The quantitative estimate of drug-likeness (QED) is 0.877. The molecular formula is C8H7F3N2O3S. The van der Waals surface area contributed by atoms with E-state index in [0.29, 0.717) is 11.3 Å². The van der Waals surface area contributed by atoms with Gasteiger partial charge in [-0.15, -0.1) is 11.3 Å². The second-order valence-corrected chi connectivity index (χ2v) is 4.15. The number of amides is 1. The van der Waals surface area contributed by atoms with Gasteiger partial charge in [0.1, 0.15) is 10.0 Å². The average molecular weight is 268 g/mol. The largest absolute Gasteiger partial charge is 0.476 e. The molecule has 0 aromatic carbocycles. The number of carboxylic acid groups (broad SMARTS) is 1. The second-order valence-electron chi connectivity index (χ2n) is 3.06. The van der Waals surface area contributed by atoms with Crippen LogP contribution in [0.5, 0.6) is 0 Å². The van der Waals surface area contributed by atoms with E-state index < -0.39 is 35.2 Å². The number of nitrogens with zero attached hydrogens (tertiary/aromatic N) is 1. The SMILES string of the molecule is CC(=O)Nc1sc(CC(F)(F)F)nc1C(=O)O. The highest BCUT2D eigenvalue weighted by Gasteiger charge is 2.31. The van der Waals surface area contributed by atoms with E-state index in [-0.39, 0.29) is 5.00 Å². The number of aromatic carboxylic acids is 1. The summed E-state index contributed by atoms with van der Waals surface area (Å²) in [5, 5.41) is 10.2. The summed E-state index contributed by atoms with van der Waals surface area (Å²) in [6.45, 7) is 1.12. The van der Waals surface area contributed by atoms with Crippen molar-refractivity contribution in [2.75, 3.05) is 5.32 Å². The summed E-state index contributed by atoms with van der Waals surface area (Å²) in [4.78, 5) is 24.8. The number of carbonyl (C=O) groups is 2. The first-order valence-electron chi connectivity index (χ1n) is 4.26. The van der Waals surface area contributed by atoms with Crippen LogP contribution in [0.1, 0.15) is 22.4 Å². The van der Waals surface area contributed by atoms with Gasteiger partial charge >= 0.3 is 12.1 Å². The van der Waals surface area contributed by atoms with Gasteiger partial charge in [0.2, 0.25) is 5.91 Å². The zero-order chi connectivity index (χ0) is 13.2. The molecule has 0 bridgehead atoms. The lowest BCUT2D eigenvalue weighted by molar-refractivity contribution is -0.127. The van der Waals surface area contributed by atoms with Crippen molar-refractivity contribution in [1.82, 2.24) is 4.98 Å². The van der Waals surface area contributed by atoms with Gasteiger partial charge in [-0.2, -0.15) is 13.2 Å². The predicted molar refractivity (Wildman–Crippen MR) is 53.1 cm³/mol. The van der Waals surface area contributed by atoms with Crippen molar-refractivity contribution < 1.29 is 27.9 Å². The fraction of sp³-hybridized carbons (Fsp3) is 0.375. The molecule has 0 saturated heterocycles. The number of hydrogen-bond donors (Lipinski definition) is 2. The zero-order valence-electron chi connectivity index (χ0n) is 8.46. The minimum absolute atomic E-state index is 0.191. The first-order valence-corrected chi connectivity index (χ1v) is 5.08. The summed E-state index contributed by atoms with van der Waals surface area (Å²) >= 11 is 0.499. The van der Waals surface area contributed by atoms with Crippen LogP contribution in [-0.4, -0.2) is 28.1 Å². The molecule has 0 aliphatic heterocycles. The number of rotatable bonds is 3.